The molecule has 0 aromatic heterocycles. The molecule has 1 aliphatic heterocycles. The first-order valence-corrected chi connectivity index (χ1v) is 7.43. The first-order valence-electron chi connectivity index (χ1n) is 7.43. The van der Waals surface area contributed by atoms with E-state index in [0.29, 0.717) is 0 Å². The van der Waals surface area contributed by atoms with E-state index in [0.717, 1.165) is 39.0 Å². The molecular formula is C14H29N3O. The van der Waals surface area contributed by atoms with Gasteiger partial charge in [-0.25, -0.2) is 0 Å². The minimum atomic E-state index is 0.0200. The fourth-order valence-corrected chi connectivity index (χ4v) is 2.51. The zero-order valence-electron chi connectivity index (χ0n) is 12.2. The van der Waals surface area contributed by atoms with E-state index in [1.54, 1.807) is 0 Å². The van der Waals surface area contributed by atoms with Crippen molar-refractivity contribution in [2.45, 2.75) is 58.5 Å². The van der Waals surface area contributed by atoms with Gasteiger partial charge in [-0.15, -0.1) is 0 Å². The molecule has 1 aliphatic rings. The number of rotatable bonds is 6. The Bertz CT molecular complexity index is 233. The van der Waals surface area contributed by atoms with Gasteiger partial charge in [-0.1, -0.05) is 26.7 Å². The molecule has 0 saturated carbocycles. The average Bonchev–Trinajstić information content (AvgIpc) is 2.64. The highest BCUT2D eigenvalue weighted by Gasteiger charge is 2.21. The summed E-state index contributed by atoms with van der Waals surface area (Å²) in [7, 11) is 0. The third-order valence-corrected chi connectivity index (χ3v) is 3.69. The fraction of sp³-hybridized carbons (Fsp3) is 0.929. The number of carbonyl (C=O) groups is 1. The van der Waals surface area contributed by atoms with E-state index in [9.17, 15) is 4.79 Å². The minimum Gasteiger partial charge on any atom is -0.351 e. The van der Waals surface area contributed by atoms with Crippen LogP contribution in [-0.4, -0.2) is 49.1 Å². The van der Waals surface area contributed by atoms with Crippen LogP contribution in [0.5, 0.6) is 0 Å². The van der Waals surface area contributed by atoms with E-state index in [4.69, 9.17) is 0 Å². The Labute approximate surface area is 111 Å². The summed E-state index contributed by atoms with van der Waals surface area (Å²) in [5, 5.41) is 6.48. The number of nitrogens with zero attached hydrogens (tertiary/aromatic N) is 1. The maximum Gasteiger partial charge on any atom is 0.237 e. The lowest BCUT2D eigenvalue weighted by Gasteiger charge is -2.25. The van der Waals surface area contributed by atoms with Gasteiger partial charge in [0.25, 0.3) is 0 Å². The third kappa shape index (κ3) is 5.36. The molecule has 1 heterocycles. The average molecular weight is 255 g/mol. The molecule has 0 aromatic rings. The standard InChI is InChI=1S/C14H29N3O/c1-4-17(5-2)11-12(3)16-14(18)13-9-7-6-8-10-15-13/h12-13,15H,4-11H2,1-3H3,(H,16,18). The normalized spacial score (nSPS) is 22.6. The van der Waals surface area contributed by atoms with Gasteiger partial charge in [0.15, 0.2) is 0 Å². The summed E-state index contributed by atoms with van der Waals surface area (Å²) >= 11 is 0. The van der Waals surface area contributed by atoms with Gasteiger partial charge in [0, 0.05) is 12.6 Å². The van der Waals surface area contributed by atoms with Crippen LogP contribution in [0, 0.1) is 0 Å². The van der Waals surface area contributed by atoms with Crippen LogP contribution in [0.3, 0.4) is 0 Å². The Balaban J connectivity index is 2.33. The zero-order valence-corrected chi connectivity index (χ0v) is 12.2. The number of amides is 1. The molecule has 1 amide bonds. The Morgan fingerprint density at radius 2 is 2.06 bits per heavy atom. The van der Waals surface area contributed by atoms with Crippen LogP contribution < -0.4 is 10.6 Å². The summed E-state index contributed by atoms with van der Waals surface area (Å²) in [6.45, 7) is 10.4. The largest absolute Gasteiger partial charge is 0.351 e. The maximum atomic E-state index is 12.1. The molecule has 2 unspecified atom stereocenters. The zero-order chi connectivity index (χ0) is 13.4. The highest BCUT2D eigenvalue weighted by atomic mass is 16.2. The molecule has 2 atom stereocenters. The lowest BCUT2D eigenvalue weighted by atomic mass is 10.1. The van der Waals surface area contributed by atoms with Gasteiger partial charge in [0.1, 0.15) is 0 Å². The molecule has 0 bridgehead atoms. The summed E-state index contributed by atoms with van der Waals surface area (Å²) < 4.78 is 0. The van der Waals surface area contributed by atoms with Crippen molar-refractivity contribution in [2.24, 2.45) is 0 Å². The fourth-order valence-electron chi connectivity index (χ4n) is 2.51. The highest BCUT2D eigenvalue weighted by Crippen LogP contribution is 2.08. The van der Waals surface area contributed by atoms with Gasteiger partial charge in [0.05, 0.1) is 6.04 Å². The molecule has 4 heteroatoms. The van der Waals surface area contributed by atoms with Crippen molar-refractivity contribution in [1.82, 2.24) is 15.5 Å². The molecular weight excluding hydrogens is 226 g/mol. The van der Waals surface area contributed by atoms with E-state index < -0.39 is 0 Å². The minimum absolute atomic E-state index is 0.0200. The van der Waals surface area contributed by atoms with E-state index >= 15 is 0 Å². The lowest BCUT2D eigenvalue weighted by molar-refractivity contribution is -0.124. The molecule has 0 aliphatic carbocycles. The lowest BCUT2D eigenvalue weighted by Crippen LogP contribution is -2.49. The van der Waals surface area contributed by atoms with Crippen molar-refractivity contribution in [2.75, 3.05) is 26.2 Å². The first kappa shape index (κ1) is 15.4. The molecule has 1 rings (SSSR count). The molecule has 0 radical (unpaired) electrons. The Morgan fingerprint density at radius 3 is 2.72 bits per heavy atom. The van der Waals surface area contributed by atoms with E-state index in [1.807, 2.05) is 0 Å². The summed E-state index contributed by atoms with van der Waals surface area (Å²) in [6.07, 6.45) is 4.57. The van der Waals surface area contributed by atoms with Crippen LogP contribution in [0.1, 0.15) is 46.5 Å². The van der Waals surface area contributed by atoms with Crippen LogP contribution in [0.2, 0.25) is 0 Å². The van der Waals surface area contributed by atoms with Gasteiger partial charge < -0.3 is 15.5 Å². The third-order valence-electron chi connectivity index (χ3n) is 3.69. The molecule has 4 nitrogen and oxygen atoms in total. The molecule has 0 aromatic carbocycles. The summed E-state index contributed by atoms with van der Waals surface area (Å²) in [6, 6.07) is 0.245. The molecule has 2 N–H and O–H groups in total. The number of hydrogen-bond acceptors (Lipinski definition) is 3. The van der Waals surface area contributed by atoms with Gasteiger partial charge in [0.2, 0.25) is 5.91 Å². The van der Waals surface area contributed by atoms with Gasteiger partial charge in [-0.2, -0.15) is 0 Å². The molecule has 0 spiro atoms. The van der Waals surface area contributed by atoms with E-state index in [-0.39, 0.29) is 18.0 Å². The van der Waals surface area contributed by atoms with Crippen LogP contribution >= 0.6 is 0 Å². The summed E-state index contributed by atoms with van der Waals surface area (Å²) in [4.78, 5) is 14.5. The SMILES string of the molecule is CCN(CC)CC(C)NC(=O)C1CCCCCN1. The van der Waals surface area contributed by atoms with Gasteiger partial charge in [-0.3, -0.25) is 4.79 Å². The molecule has 18 heavy (non-hydrogen) atoms. The monoisotopic (exact) mass is 255 g/mol. The second-order valence-corrected chi connectivity index (χ2v) is 5.25. The van der Waals surface area contributed by atoms with Crippen molar-refractivity contribution in [1.29, 1.82) is 0 Å². The van der Waals surface area contributed by atoms with Crippen LogP contribution in [0.4, 0.5) is 0 Å². The summed E-state index contributed by atoms with van der Waals surface area (Å²) in [5.74, 6) is 0.177. The van der Waals surface area contributed by atoms with E-state index in [2.05, 4.69) is 36.3 Å². The Kier molecular flexibility index (Phi) is 7.28. The predicted molar refractivity (Wildman–Crippen MR) is 75.7 cm³/mol. The molecule has 1 saturated heterocycles. The number of nitrogens with one attached hydrogen (secondary N) is 2. The van der Waals surface area contributed by atoms with Crippen molar-refractivity contribution in [3.63, 3.8) is 0 Å². The van der Waals surface area contributed by atoms with Gasteiger partial charge >= 0.3 is 0 Å². The Morgan fingerprint density at radius 1 is 1.33 bits per heavy atom. The van der Waals surface area contributed by atoms with Crippen molar-refractivity contribution >= 4 is 5.91 Å². The number of hydrogen-bond donors (Lipinski definition) is 2. The topological polar surface area (TPSA) is 44.4 Å². The number of likely N-dealkylation sites (N-methyl/N-ethyl adjacent to an activating group) is 1. The quantitative estimate of drug-likeness (QED) is 0.753. The highest BCUT2D eigenvalue weighted by molar-refractivity contribution is 5.82. The first-order chi connectivity index (χ1) is 8.67. The smallest absolute Gasteiger partial charge is 0.237 e. The van der Waals surface area contributed by atoms with Crippen molar-refractivity contribution in [3.05, 3.63) is 0 Å². The van der Waals surface area contributed by atoms with Crippen LogP contribution in [0.25, 0.3) is 0 Å². The van der Waals surface area contributed by atoms with Gasteiger partial charge in [-0.05, 0) is 39.4 Å². The second kappa shape index (κ2) is 8.48. The second-order valence-electron chi connectivity index (χ2n) is 5.25. The predicted octanol–water partition coefficient (Wildman–Crippen LogP) is 1.37. The summed E-state index contributed by atoms with van der Waals surface area (Å²) in [5.41, 5.74) is 0. The van der Waals surface area contributed by atoms with Crippen molar-refractivity contribution in [3.8, 4) is 0 Å². The van der Waals surface area contributed by atoms with Crippen LogP contribution in [0.15, 0.2) is 0 Å². The molecule has 1 fully saturated rings. The number of carbonyl (C=O) groups excluding carboxylic acids is 1. The van der Waals surface area contributed by atoms with E-state index in [1.165, 1.54) is 12.8 Å². The van der Waals surface area contributed by atoms with Crippen molar-refractivity contribution < 1.29 is 4.79 Å². The Hall–Kier alpha value is -0.610. The molecule has 106 valence electrons. The van der Waals surface area contributed by atoms with Crippen LogP contribution in [-0.2, 0) is 4.79 Å². The maximum absolute atomic E-state index is 12.1.